The van der Waals surface area contributed by atoms with E-state index in [1.165, 1.54) is 0 Å². The highest BCUT2D eigenvalue weighted by Gasteiger charge is 2.14. The van der Waals surface area contributed by atoms with Crippen LogP contribution in [0, 0.1) is 10.1 Å². The Balaban J connectivity index is 4.12. The minimum Gasteiger partial charge on any atom is -0.457 e. The van der Waals surface area contributed by atoms with Crippen molar-refractivity contribution in [3.05, 3.63) is 34.7 Å². The van der Waals surface area contributed by atoms with E-state index in [1.54, 1.807) is 20.8 Å². The maximum Gasteiger partial charge on any atom is 0.336 e. The Hall–Kier alpha value is -2.18. The van der Waals surface area contributed by atoms with E-state index in [4.69, 9.17) is 4.74 Å². The van der Waals surface area contributed by atoms with Gasteiger partial charge in [-0.1, -0.05) is 0 Å². The molecule has 7 nitrogen and oxygen atoms in total. The van der Waals surface area contributed by atoms with Crippen molar-refractivity contribution in [3.8, 4) is 0 Å². The predicted molar refractivity (Wildman–Crippen MR) is 57.2 cm³/mol. The highest BCUT2D eigenvalue weighted by molar-refractivity contribution is 5.91. The molecule has 0 aromatic heterocycles. The van der Waals surface area contributed by atoms with Gasteiger partial charge in [-0.05, 0) is 20.8 Å². The molecule has 0 unspecified atom stereocenters. The molecule has 0 heterocycles. The molecular formula is C10H13NO6. The average molecular weight is 243 g/mol. The van der Waals surface area contributed by atoms with E-state index in [1.807, 2.05) is 0 Å². The summed E-state index contributed by atoms with van der Waals surface area (Å²) in [5, 5.41) is 9.84. The summed E-state index contributed by atoms with van der Waals surface area (Å²) in [7, 11) is 0. The van der Waals surface area contributed by atoms with Crippen LogP contribution in [-0.4, -0.2) is 22.5 Å². The zero-order valence-electron chi connectivity index (χ0n) is 9.71. The SMILES string of the molecule is CC(C)(C)OC(=O)/C=C/C(=O)O/C=C/[N+](=O)[O-]. The highest BCUT2D eigenvalue weighted by atomic mass is 16.6. The lowest BCUT2D eigenvalue weighted by molar-refractivity contribution is -0.403. The van der Waals surface area contributed by atoms with Gasteiger partial charge in [0.2, 0.25) is 0 Å². The van der Waals surface area contributed by atoms with Gasteiger partial charge in [0.25, 0.3) is 6.20 Å². The summed E-state index contributed by atoms with van der Waals surface area (Å²) in [4.78, 5) is 31.1. The largest absolute Gasteiger partial charge is 0.457 e. The van der Waals surface area contributed by atoms with Crippen molar-refractivity contribution in [1.82, 2.24) is 0 Å². The molecule has 0 saturated carbocycles. The van der Waals surface area contributed by atoms with Gasteiger partial charge < -0.3 is 9.47 Å². The fourth-order valence-corrected chi connectivity index (χ4v) is 0.658. The molecular weight excluding hydrogens is 230 g/mol. The van der Waals surface area contributed by atoms with Crippen LogP contribution in [0.3, 0.4) is 0 Å². The number of hydrogen-bond donors (Lipinski definition) is 0. The summed E-state index contributed by atoms with van der Waals surface area (Å²) in [5.41, 5.74) is -0.656. The second-order valence-corrected chi connectivity index (χ2v) is 3.87. The third kappa shape index (κ3) is 10.1. The topological polar surface area (TPSA) is 95.7 Å². The highest BCUT2D eigenvalue weighted by Crippen LogP contribution is 2.06. The van der Waals surface area contributed by atoms with Gasteiger partial charge in [-0.25, -0.2) is 9.59 Å². The zero-order valence-corrected chi connectivity index (χ0v) is 9.71. The first kappa shape index (κ1) is 14.8. The van der Waals surface area contributed by atoms with Gasteiger partial charge in [-0.15, -0.1) is 0 Å². The molecule has 0 rings (SSSR count). The molecule has 0 saturated heterocycles. The summed E-state index contributed by atoms with van der Waals surface area (Å²) >= 11 is 0. The van der Waals surface area contributed by atoms with Crippen molar-refractivity contribution >= 4 is 11.9 Å². The lowest BCUT2D eigenvalue weighted by atomic mass is 10.2. The molecule has 0 aliphatic heterocycles. The van der Waals surface area contributed by atoms with E-state index in [2.05, 4.69) is 4.74 Å². The van der Waals surface area contributed by atoms with Crippen LogP contribution < -0.4 is 0 Å². The molecule has 0 radical (unpaired) electrons. The minimum atomic E-state index is -0.908. The lowest BCUT2D eigenvalue weighted by Crippen LogP contribution is -2.22. The number of nitrogens with zero attached hydrogens (tertiary/aromatic N) is 1. The fraction of sp³-hybridized carbons (Fsp3) is 0.400. The van der Waals surface area contributed by atoms with Crippen molar-refractivity contribution < 1.29 is 24.0 Å². The quantitative estimate of drug-likeness (QED) is 0.242. The second-order valence-electron chi connectivity index (χ2n) is 3.87. The first-order valence-corrected chi connectivity index (χ1v) is 4.62. The van der Waals surface area contributed by atoms with Gasteiger partial charge in [0.05, 0.1) is 4.92 Å². The number of ether oxygens (including phenoxy) is 2. The Labute approximate surface area is 97.8 Å². The van der Waals surface area contributed by atoms with E-state index >= 15 is 0 Å². The number of nitro groups is 1. The number of rotatable bonds is 4. The summed E-state index contributed by atoms with van der Waals surface area (Å²) in [5.74, 6) is -1.61. The van der Waals surface area contributed by atoms with E-state index < -0.39 is 22.5 Å². The van der Waals surface area contributed by atoms with Crippen LogP contribution in [0.5, 0.6) is 0 Å². The third-order valence-electron chi connectivity index (χ3n) is 1.13. The van der Waals surface area contributed by atoms with Gasteiger partial charge in [-0.3, -0.25) is 10.1 Å². The standard InChI is InChI=1S/C10H13NO6/c1-10(2,3)17-9(13)5-4-8(12)16-7-6-11(14)15/h4-7H,1-3H3/b5-4+,7-6+. The molecule has 0 aromatic rings. The summed E-state index contributed by atoms with van der Waals surface area (Å²) < 4.78 is 9.15. The van der Waals surface area contributed by atoms with Gasteiger partial charge in [0.15, 0.2) is 6.26 Å². The van der Waals surface area contributed by atoms with Gasteiger partial charge >= 0.3 is 11.9 Å². The van der Waals surface area contributed by atoms with Crippen LogP contribution in [0.25, 0.3) is 0 Å². The molecule has 0 N–H and O–H groups in total. The summed E-state index contributed by atoms with van der Waals surface area (Å²) in [6.07, 6.45) is 2.77. The van der Waals surface area contributed by atoms with Crippen molar-refractivity contribution in [1.29, 1.82) is 0 Å². The minimum absolute atomic E-state index is 0.458. The van der Waals surface area contributed by atoms with Gasteiger partial charge in [0.1, 0.15) is 5.60 Å². The van der Waals surface area contributed by atoms with E-state index in [0.717, 1.165) is 12.2 Å². The fourth-order valence-electron chi connectivity index (χ4n) is 0.658. The van der Waals surface area contributed by atoms with Crippen molar-refractivity contribution in [2.75, 3.05) is 0 Å². The van der Waals surface area contributed by atoms with Crippen LogP contribution in [0.4, 0.5) is 0 Å². The smallest absolute Gasteiger partial charge is 0.336 e. The Morgan fingerprint density at radius 1 is 1.18 bits per heavy atom. The third-order valence-corrected chi connectivity index (χ3v) is 1.13. The Morgan fingerprint density at radius 2 is 1.71 bits per heavy atom. The molecule has 0 spiro atoms. The Bertz CT molecular complexity index is 363. The molecule has 0 bridgehead atoms. The maximum absolute atomic E-state index is 11.1. The van der Waals surface area contributed by atoms with Crippen LogP contribution in [0.1, 0.15) is 20.8 Å². The molecule has 17 heavy (non-hydrogen) atoms. The molecule has 0 amide bonds. The van der Waals surface area contributed by atoms with E-state index in [-0.39, 0.29) is 0 Å². The monoisotopic (exact) mass is 243 g/mol. The molecule has 7 heteroatoms. The second kappa shape index (κ2) is 6.41. The molecule has 0 atom stereocenters. The van der Waals surface area contributed by atoms with Gasteiger partial charge in [-0.2, -0.15) is 0 Å². The zero-order chi connectivity index (χ0) is 13.5. The number of hydrogen-bond acceptors (Lipinski definition) is 6. The molecule has 0 aliphatic rings. The van der Waals surface area contributed by atoms with Crippen LogP contribution in [-0.2, 0) is 19.1 Å². The van der Waals surface area contributed by atoms with Crippen molar-refractivity contribution in [2.24, 2.45) is 0 Å². The first-order valence-electron chi connectivity index (χ1n) is 4.62. The Morgan fingerprint density at radius 3 is 2.18 bits per heavy atom. The Kier molecular flexibility index (Phi) is 5.59. The number of carbonyl (C=O) groups excluding carboxylic acids is 2. The maximum atomic E-state index is 11.1. The summed E-state index contributed by atoms with van der Waals surface area (Å²) in [6, 6.07) is 0. The first-order chi connectivity index (χ1) is 7.70. The van der Waals surface area contributed by atoms with Crippen LogP contribution in [0.2, 0.25) is 0 Å². The predicted octanol–water partition coefficient (Wildman–Crippen LogP) is 1.18. The molecule has 0 fully saturated rings. The lowest BCUT2D eigenvalue weighted by Gasteiger charge is -2.17. The van der Waals surface area contributed by atoms with E-state index in [9.17, 15) is 19.7 Å². The molecule has 0 aromatic carbocycles. The van der Waals surface area contributed by atoms with E-state index in [0.29, 0.717) is 12.5 Å². The van der Waals surface area contributed by atoms with Crippen LogP contribution >= 0.6 is 0 Å². The molecule has 94 valence electrons. The van der Waals surface area contributed by atoms with Gasteiger partial charge in [0, 0.05) is 12.2 Å². The number of esters is 2. The van der Waals surface area contributed by atoms with Crippen molar-refractivity contribution in [2.45, 2.75) is 26.4 Å². The number of carbonyl (C=O) groups is 2. The molecule has 0 aliphatic carbocycles. The van der Waals surface area contributed by atoms with Crippen molar-refractivity contribution in [3.63, 3.8) is 0 Å². The average Bonchev–Trinajstić information content (AvgIpc) is 2.11. The van der Waals surface area contributed by atoms with Crippen LogP contribution in [0.15, 0.2) is 24.6 Å². The summed E-state index contributed by atoms with van der Waals surface area (Å²) in [6.45, 7) is 5.03. The normalized spacial score (nSPS) is 11.7.